The van der Waals surface area contributed by atoms with Crippen molar-refractivity contribution in [1.82, 2.24) is 4.98 Å². The molecule has 0 atom stereocenters. The molecule has 0 saturated carbocycles. The van der Waals surface area contributed by atoms with Gasteiger partial charge in [-0.1, -0.05) is 31.4 Å². The summed E-state index contributed by atoms with van der Waals surface area (Å²) in [4.78, 5) is 4.38. The van der Waals surface area contributed by atoms with Crippen molar-refractivity contribution in [3.8, 4) is 0 Å². The first-order valence-electron chi connectivity index (χ1n) is 5.55. The van der Waals surface area contributed by atoms with Gasteiger partial charge in [0.05, 0.1) is 10.7 Å². The minimum Gasteiger partial charge on any atom is -0.441 e. The number of fused-ring (bicyclic) bond motifs is 1. The number of hydrogen-bond donors (Lipinski definition) is 1. The molecule has 0 radical (unpaired) electrons. The first-order valence-corrected chi connectivity index (χ1v) is 5.93. The summed E-state index contributed by atoms with van der Waals surface area (Å²) < 4.78 is 5.60. The zero-order valence-electron chi connectivity index (χ0n) is 9.29. The van der Waals surface area contributed by atoms with E-state index in [9.17, 15) is 0 Å². The van der Waals surface area contributed by atoms with Crippen molar-refractivity contribution in [2.24, 2.45) is 0 Å². The molecule has 2 aromatic rings. The van der Waals surface area contributed by atoms with E-state index in [-0.39, 0.29) is 0 Å². The summed E-state index contributed by atoms with van der Waals surface area (Å²) in [6.45, 7) is 2.17. The van der Waals surface area contributed by atoms with Gasteiger partial charge in [-0.15, -0.1) is 0 Å². The molecule has 0 unspecified atom stereocenters. The van der Waals surface area contributed by atoms with Gasteiger partial charge in [-0.3, -0.25) is 0 Å². The highest BCUT2D eigenvalue weighted by Crippen LogP contribution is 2.26. The van der Waals surface area contributed by atoms with Crippen LogP contribution in [0.15, 0.2) is 16.5 Å². The predicted octanol–water partition coefficient (Wildman–Crippen LogP) is 3.80. The molecule has 0 saturated heterocycles. The van der Waals surface area contributed by atoms with Crippen LogP contribution < -0.4 is 5.73 Å². The number of aryl methyl sites for hydroxylation is 1. The van der Waals surface area contributed by atoms with Crippen LogP contribution in [-0.4, -0.2) is 4.98 Å². The van der Waals surface area contributed by atoms with E-state index in [2.05, 4.69) is 11.9 Å². The van der Waals surface area contributed by atoms with Crippen molar-refractivity contribution in [1.29, 1.82) is 0 Å². The fourth-order valence-electron chi connectivity index (χ4n) is 1.64. The van der Waals surface area contributed by atoms with Gasteiger partial charge in [0.2, 0.25) is 0 Å². The summed E-state index contributed by atoms with van der Waals surface area (Å²) in [6.07, 6.45) is 4.37. The van der Waals surface area contributed by atoms with Crippen LogP contribution in [0.3, 0.4) is 0 Å². The van der Waals surface area contributed by atoms with E-state index < -0.39 is 0 Å². The van der Waals surface area contributed by atoms with E-state index >= 15 is 0 Å². The number of aromatic nitrogens is 1. The molecule has 2 N–H and O–H groups in total. The van der Waals surface area contributed by atoms with Crippen LogP contribution in [0.1, 0.15) is 32.1 Å². The van der Waals surface area contributed by atoms with Crippen LogP contribution in [0.4, 0.5) is 5.69 Å². The number of oxazole rings is 1. The first-order chi connectivity index (χ1) is 7.70. The highest BCUT2D eigenvalue weighted by molar-refractivity contribution is 6.33. The molecule has 3 nitrogen and oxygen atoms in total. The van der Waals surface area contributed by atoms with Crippen molar-refractivity contribution in [2.75, 3.05) is 5.73 Å². The highest BCUT2D eigenvalue weighted by Gasteiger charge is 2.08. The van der Waals surface area contributed by atoms with E-state index in [0.29, 0.717) is 16.3 Å². The molecule has 0 aliphatic carbocycles. The van der Waals surface area contributed by atoms with Crippen LogP contribution in [0.5, 0.6) is 0 Å². The molecule has 0 aliphatic heterocycles. The molecule has 0 fully saturated rings. The Bertz CT molecular complexity index is 454. The van der Waals surface area contributed by atoms with Gasteiger partial charge in [-0.05, 0) is 12.5 Å². The summed E-state index contributed by atoms with van der Waals surface area (Å²) in [5.74, 6) is 0.769. The molecule has 0 spiro atoms. The molecule has 0 amide bonds. The largest absolute Gasteiger partial charge is 0.441 e. The lowest BCUT2D eigenvalue weighted by atomic mass is 10.2. The Morgan fingerprint density at radius 2 is 2.19 bits per heavy atom. The number of nitrogens with two attached hydrogens (primary N) is 1. The number of rotatable bonds is 4. The van der Waals surface area contributed by atoms with Gasteiger partial charge in [0.15, 0.2) is 11.5 Å². The second kappa shape index (κ2) is 4.74. The lowest BCUT2D eigenvalue weighted by Crippen LogP contribution is -1.85. The van der Waals surface area contributed by atoms with Crippen molar-refractivity contribution in [3.63, 3.8) is 0 Å². The summed E-state index contributed by atoms with van der Waals surface area (Å²) in [5, 5.41) is 0.529. The lowest BCUT2D eigenvalue weighted by molar-refractivity contribution is 0.513. The van der Waals surface area contributed by atoms with Crippen molar-refractivity contribution < 1.29 is 4.42 Å². The number of unbranched alkanes of at least 4 members (excludes halogenated alkanes) is 2. The molecule has 86 valence electrons. The SMILES string of the molecule is CCCCCc1nc2cc(Cl)c(N)cc2o1. The number of nitrogen functional groups attached to an aromatic ring is 1. The average Bonchev–Trinajstić information content (AvgIpc) is 2.61. The maximum absolute atomic E-state index is 5.92. The summed E-state index contributed by atoms with van der Waals surface area (Å²) in [7, 11) is 0. The van der Waals surface area contributed by atoms with Crippen LogP contribution in [-0.2, 0) is 6.42 Å². The third-order valence-corrected chi connectivity index (χ3v) is 2.87. The van der Waals surface area contributed by atoms with E-state index in [0.717, 1.165) is 24.2 Å². The van der Waals surface area contributed by atoms with E-state index in [1.807, 2.05) is 0 Å². The van der Waals surface area contributed by atoms with Crippen molar-refractivity contribution in [2.45, 2.75) is 32.6 Å². The summed E-state index contributed by atoms with van der Waals surface area (Å²) in [6, 6.07) is 3.48. The van der Waals surface area contributed by atoms with Gasteiger partial charge in [-0.2, -0.15) is 0 Å². The monoisotopic (exact) mass is 238 g/mol. The van der Waals surface area contributed by atoms with E-state index in [4.69, 9.17) is 21.8 Å². The normalized spacial score (nSPS) is 11.1. The Morgan fingerprint density at radius 3 is 2.94 bits per heavy atom. The van der Waals surface area contributed by atoms with Crippen molar-refractivity contribution in [3.05, 3.63) is 23.0 Å². The molecular formula is C12H15ClN2O. The fourth-order valence-corrected chi connectivity index (χ4v) is 1.80. The Balaban J connectivity index is 2.23. The maximum atomic E-state index is 5.92. The molecule has 0 aliphatic rings. The van der Waals surface area contributed by atoms with E-state index in [1.54, 1.807) is 12.1 Å². The van der Waals surface area contributed by atoms with Crippen LogP contribution in [0.25, 0.3) is 11.1 Å². The molecular weight excluding hydrogens is 224 g/mol. The number of benzene rings is 1. The third-order valence-electron chi connectivity index (χ3n) is 2.55. The summed E-state index contributed by atoms with van der Waals surface area (Å²) >= 11 is 5.92. The maximum Gasteiger partial charge on any atom is 0.195 e. The summed E-state index contributed by atoms with van der Waals surface area (Å²) in [5.41, 5.74) is 7.73. The molecule has 16 heavy (non-hydrogen) atoms. The topological polar surface area (TPSA) is 52.0 Å². The molecule has 2 rings (SSSR count). The second-order valence-electron chi connectivity index (χ2n) is 3.91. The quantitative estimate of drug-likeness (QED) is 0.651. The van der Waals surface area contributed by atoms with Gasteiger partial charge < -0.3 is 10.2 Å². The fraction of sp³-hybridized carbons (Fsp3) is 0.417. The minimum absolute atomic E-state index is 0.529. The zero-order valence-corrected chi connectivity index (χ0v) is 10.0. The van der Waals surface area contributed by atoms with Crippen molar-refractivity contribution >= 4 is 28.4 Å². The van der Waals surface area contributed by atoms with Crippen LogP contribution >= 0.6 is 11.6 Å². The highest BCUT2D eigenvalue weighted by atomic mass is 35.5. The minimum atomic E-state index is 0.529. The Kier molecular flexibility index (Phi) is 3.34. The molecule has 4 heteroatoms. The van der Waals surface area contributed by atoms with Gasteiger partial charge >= 0.3 is 0 Å². The Labute approximate surface area is 99.6 Å². The Morgan fingerprint density at radius 1 is 1.38 bits per heavy atom. The predicted molar refractivity (Wildman–Crippen MR) is 66.7 cm³/mol. The number of anilines is 1. The number of halogens is 1. The second-order valence-corrected chi connectivity index (χ2v) is 4.31. The van der Waals surface area contributed by atoms with Gasteiger partial charge in [0, 0.05) is 12.5 Å². The van der Waals surface area contributed by atoms with Crippen LogP contribution in [0, 0.1) is 0 Å². The van der Waals surface area contributed by atoms with E-state index in [1.165, 1.54) is 12.8 Å². The first kappa shape index (κ1) is 11.3. The Hall–Kier alpha value is -1.22. The molecule has 1 aromatic heterocycles. The molecule has 1 aromatic carbocycles. The lowest BCUT2D eigenvalue weighted by Gasteiger charge is -1.94. The molecule has 1 heterocycles. The van der Waals surface area contributed by atoms with Crippen LogP contribution in [0.2, 0.25) is 5.02 Å². The molecule has 0 bridgehead atoms. The smallest absolute Gasteiger partial charge is 0.195 e. The average molecular weight is 239 g/mol. The third kappa shape index (κ3) is 2.30. The van der Waals surface area contributed by atoms with Gasteiger partial charge in [-0.25, -0.2) is 4.98 Å². The van der Waals surface area contributed by atoms with Gasteiger partial charge in [0.1, 0.15) is 5.52 Å². The van der Waals surface area contributed by atoms with Gasteiger partial charge in [0.25, 0.3) is 0 Å². The number of hydrogen-bond acceptors (Lipinski definition) is 3. The number of nitrogens with zero attached hydrogens (tertiary/aromatic N) is 1. The standard InChI is InChI=1S/C12H15ClN2O/c1-2-3-4-5-12-15-10-6-8(13)9(14)7-11(10)16-12/h6-7H,2-5,14H2,1H3. The zero-order chi connectivity index (χ0) is 11.5.